The van der Waals surface area contributed by atoms with Gasteiger partial charge in [-0.3, -0.25) is 4.99 Å². The topological polar surface area (TPSA) is 45.7 Å². The van der Waals surface area contributed by atoms with Gasteiger partial charge in [0.05, 0.1) is 13.2 Å². The van der Waals surface area contributed by atoms with Gasteiger partial charge in [-0.1, -0.05) is 32.0 Å². The Labute approximate surface area is 144 Å². The maximum Gasteiger partial charge on any atom is 0.191 e. The molecule has 0 saturated heterocycles. The lowest BCUT2D eigenvalue weighted by atomic mass is 10.1. The smallest absolute Gasteiger partial charge is 0.191 e. The van der Waals surface area contributed by atoms with Crippen molar-refractivity contribution in [2.45, 2.75) is 39.3 Å². The molecule has 2 atom stereocenters. The summed E-state index contributed by atoms with van der Waals surface area (Å²) in [6.07, 6.45) is 1.19. The zero-order chi connectivity index (χ0) is 14.8. The van der Waals surface area contributed by atoms with E-state index in [1.807, 2.05) is 18.2 Å². The average Bonchev–Trinajstić information content (AvgIpc) is 3.04. The molecule has 5 heteroatoms. The summed E-state index contributed by atoms with van der Waals surface area (Å²) >= 11 is 0. The van der Waals surface area contributed by atoms with Crippen LogP contribution in [0.5, 0.6) is 5.75 Å². The Morgan fingerprint density at radius 2 is 2.00 bits per heavy atom. The largest absolute Gasteiger partial charge is 0.496 e. The number of rotatable bonds is 4. The van der Waals surface area contributed by atoms with Crippen molar-refractivity contribution in [2.75, 3.05) is 14.2 Å². The Hall–Kier alpha value is -0.980. The summed E-state index contributed by atoms with van der Waals surface area (Å²) in [5, 5.41) is 6.89. The molecule has 0 amide bonds. The number of hydrogen-bond donors (Lipinski definition) is 2. The predicted octanol–water partition coefficient (Wildman–Crippen LogP) is 3.34. The molecule has 1 aromatic rings. The molecule has 21 heavy (non-hydrogen) atoms. The van der Waals surface area contributed by atoms with Crippen LogP contribution in [0.2, 0.25) is 0 Å². The van der Waals surface area contributed by atoms with Crippen molar-refractivity contribution in [2.24, 2.45) is 10.4 Å². The minimum atomic E-state index is 0. The first kappa shape index (κ1) is 18.1. The highest BCUT2D eigenvalue weighted by Crippen LogP contribution is 2.44. The van der Waals surface area contributed by atoms with Crippen LogP contribution in [-0.4, -0.2) is 26.2 Å². The molecule has 0 radical (unpaired) electrons. The van der Waals surface area contributed by atoms with E-state index in [0.717, 1.165) is 17.3 Å². The van der Waals surface area contributed by atoms with Crippen molar-refractivity contribution in [3.8, 4) is 5.75 Å². The van der Waals surface area contributed by atoms with Crippen LogP contribution in [0, 0.1) is 5.41 Å². The number of guanidine groups is 1. The summed E-state index contributed by atoms with van der Waals surface area (Å²) in [4.78, 5) is 4.31. The maximum atomic E-state index is 5.41. The van der Waals surface area contributed by atoms with E-state index in [2.05, 4.69) is 42.5 Å². The lowest BCUT2D eigenvalue weighted by Gasteiger charge is -2.20. The molecule has 2 unspecified atom stereocenters. The highest BCUT2D eigenvalue weighted by molar-refractivity contribution is 14.0. The zero-order valence-corrected chi connectivity index (χ0v) is 15.8. The number of halogens is 1. The predicted molar refractivity (Wildman–Crippen MR) is 98.6 cm³/mol. The van der Waals surface area contributed by atoms with Gasteiger partial charge in [-0.15, -0.1) is 24.0 Å². The second-order valence-corrected chi connectivity index (χ2v) is 6.07. The van der Waals surface area contributed by atoms with Crippen LogP contribution in [0.25, 0.3) is 0 Å². The molecule has 1 aliphatic carbocycles. The Morgan fingerprint density at radius 3 is 2.52 bits per heavy atom. The van der Waals surface area contributed by atoms with Gasteiger partial charge in [0.1, 0.15) is 5.75 Å². The van der Waals surface area contributed by atoms with E-state index in [-0.39, 0.29) is 30.0 Å². The van der Waals surface area contributed by atoms with Crippen molar-refractivity contribution in [3.05, 3.63) is 29.8 Å². The van der Waals surface area contributed by atoms with Gasteiger partial charge in [-0.25, -0.2) is 0 Å². The summed E-state index contributed by atoms with van der Waals surface area (Å²) in [6, 6.07) is 8.71. The van der Waals surface area contributed by atoms with Gasteiger partial charge in [-0.2, -0.15) is 0 Å². The van der Waals surface area contributed by atoms with E-state index in [1.54, 1.807) is 14.2 Å². The first-order chi connectivity index (χ1) is 9.47. The zero-order valence-electron chi connectivity index (χ0n) is 13.4. The van der Waals surface area contributed by atoms with E-state index in [1.165, 1.54) is 6.42 Å². The molecule has 1 aliphatic rings. The van der Waals surface area contributed by atoms with E-state index in [4.69, 9.17) is 4.74 Å². The average molecular weight is 403 g/mol. The Morgan fingerprint density at radius 1 is 1.38 bits per heavy atom. The highest BCUT2D eigenvalue weighted by atomic mass is 127. The molecule has 1 fully saturated rings. The molecular formula is C16H26IN3O. The van der Waals surface area contributed by atoms with E-state index in [9.17, 15) is 0 Å². The lowest BCUT2D eigenvalue weighted by Crippen LogP contribution is -2.41. The molecule has 118 valence electrons. The van der Waals surface area contributed by atoms with Crippen molar-refractivity contribution in [1.82, 2.24) is 10.6 Å². The molecule has 1 saturated carbocycles. The summed E-state index contributed by atoms with van der Waals surface area (Å²) in [5.74, 6) is 1.74. The molecule has 0 spiro atoms. The van der Waals surface area contributed by atoms with Crippen molar-refractivity contribution in [3.63, 3.8) is 0 Å². The summed E-state index contributed by atoms with van der Waals surface area (Å²) in [6.45, 7) is 6.64. The van der Waals surface area contributed by atoms with Crippen LogP contribution in [-0.2, 0) is 0 Å². The number of para-hydroxylation sites is 1. The second-order valence-electron chi connectivity index (χ2n) is 6.07. The molecule has 0 aromatic heterocycles. The molecule has 2 rings (SSSR count). The molecule has 1 aromatic carbocycles. The third kappa shape index (κ3) is 4.49. The number of aliphatic imine (C=N–C) groups is 1. The molecule has 4 nitrogen and oxygen atoms in total. The van der Waals surface area contributed by atoms with Gasteiger partial charge in [0.2, 0.25) is 0 Å². The Bertz CT molecular complexity index is 502. The summed E-state index contributed by atoms with van der Waals surface area (Å²) in [5.41, 5.74) is 1.51. The third-order valence-corrected chi connectivity index (χ3v) is 4.01. The normalized spacial score (nSPS) is 21.0. The van der Waals surface area contributed by atoms with E-state index in [0.29, 0.717) is 11.5 Å². The van der Waals surface area contributed by atoms with Crippen molar-refractivity contribution in [1.29, 1.82) is 0 Å². The van der Waals surface area contributed by atoms with Crippen LogP contribution < -0.4 is 15.4 Å². The molecule has 2 N–H and O–H groups in total. The second kappa shape index (κ2) is 7.33. The van der Waals surface area contributed by atoms with Crippen molar-refractivity contribution < 1.29 is 4.74 Å². The van der Waals surface area contributed by atoms with Crippen LogP contribution in [0.3, 0.4) is 0 Å². The quantitative estimate of drug-likeness (QED) is 0.461. The standard InChI is InChI=1S/C16H25N3O.HI/c1-11(12-8-6-7-9-13(12)20-5)18-15(17-4)19-14-10-16(14,2)3;/h6-9,11,14H,10H2,1-5H3,(H2,17,18,19);1H. The number of ether oxygens (including phenoxy) is 1. The third-order valence-electron chi connectivity index (χ3n) is 4.01. The first-order valence-electron chi connectivity index (χ1n) is 7.10. The van der Waals surface area contributed by atoms with Gasteiger partial charge in [0.25, 0.3) is 0 Å². The maximum absolute atomic E-state index is 5.41. The highest BCUT2D eigenvalue weighted by Gasteiger charge is 2.46. The molecule has 0 aliphatic heterocycles. The van der Waals surface area contributed by atoms with Gasteiger partial charge >= 0.3 is 0 Å². The summed E-state index contributed by atoms with van der Waals surface area (Å²) < 4.78 is 5.41. The van der Waals surface area contributed by atoms with Gasteiger partial charge in [-0.05, 0) is 24.8 Å². The van der Waals surface area contributed by atoms with Crippen LogP contribution in [0.15, 0.2) is 29.3 Å². The van der Waals surface area contributed by atoms with Gasteiger partial charge in [0.15, 0.2) is 5.96 Å². The monoisotopic (exact) mass is 403 g/mol. The SMILES string of the molecule is CN=C(NC(C)c1ccccc1OC)NC1CC1(C)C.I. The Balaban J connectivity index is 0.00000220. The van der Waals surface area contributed by atoms with Crippen LogP contribution >= 0.6 is 24.0 Å². The van der Waals surface area contributed by atoms with E-state index >= 15 is 0 Å². The minimum Gasteiger partial charge on any atom is -0.496 e. The van der Waals surface area contributed by atoms with Crippen LogP contribution in [0.1, 0.15) is 38.8 Å². The van der Waals surface area contributed by atoms with Gasteiger partial charge < -0.3 is 15.4 Å². The summed E-state index contributed by atoms with van der Waals surface area (Å²) in [7, 11) is 3.50. The number of methoxy groups -OCH3 is 1. The van der Waals surface area contributed by atoms with E-state index < -0.39 is 0 Å². The number of nitrogens with one attached hydrogen (secondary N) is 2. The number of benzene rings is 1. The minimum absolute atomic E-state index is 0. The van der Waals surface area contributed by atoms with Crippen molar-refractivity contribution >= 4 is 29.9 Å². The fourth-order valence-electron chi connectivity index (χ4n) is 2.36. The molecule has 0 bridgehead atoms. The first-order valence-corrected chi connectivity index (χ1v) is 7.10. The molecular weight excluding hydrogens is 377 g/mol. The van der Waals surface area contributed by atoms with Gasteiger partial charge in [0, 0.05) is 18.7 Å². The number of nitrogens with zero attached hydrogens (tertiary/aromatic N) is 1. The fourth-order valence-corrected chi connectivity index (χ4v) is 2.36. The van der Waals surface area contributed by atoms with Crippen LogP contribution in [0.4, 0.5) is 0 Å². The fraction of sp³-hybridized carbons (Fsp3) is 0.562. The number of hydrogen-bond acceptors (Lipinski definition) is 2. The molecule has 0 heterocycles. The lowest BCUT2D eigenvalue weighted by molar-refractivity contribution is 0.405. The Kier molecular flexibility index (Phi) is 6.31.